The number of carbonyl (C=O) groups is 2. The summed E-state index contributed by atoms with van der Waals surface area (Å²) in [6.45, 7) is 0. The number of benzene rings is 2. The maximum absolute atomic E-state index is 13.0. The van der Waals surface area contributed by atoms with Gasteiger partial charge in [-0.15, -0.1) is 0 Å². The SMILES string of the molecule is COc1cc([C@@H]2OC(=O)[C@H]3[C@@H]2C(=O)O[C@H]3c2cc(OC)c(OC)c(OC)c2)cc(OC)c1OC. The molecule has 2 aliphatic rings. The number of carbonyl (C=O) groups excluding carboxylic acids is 2. The minimum absolute atomic E-state index is 0.379. The molecular weight excluding hydrogens is 448 g/mol. The lowest BCUT2D eigenvalue weighted by atomic mass is 9.84. The van der Waals surface area contributed by atoms with Gasteiger partial charge in [0.1, 0.15) is 24.0 Å². The first-order chi connectivity index (χ1) is 16.4. The second kappa shape index (κ2) is 9.20. The summed E-state index contributed by atoms with van der Waals surface area (Å²) in [5.41, 5.74) is 1.05. The van der Waals surface area contributed by atoms with Crippen LogP contribution in [0.15, 0.2) is 24.3 Å². The molecule has 0 radical (unpaired) electrons. The molecule has 4 rings (SSSR count). The lowest BCUT2D eigenvalue weighted by Crippen LogP contribution is -2.19. The first-order valence-corrected chi connectivity index (χ1v) is 10.4. The summed E-state index contributed by atoms with van der Waals surface area (Å²) in [6, 6.07) is 6.62. The molecule has 2 fully saturated rings. The number of cyclic esters (lactones) is 2. The van der Waals surface area contributed by atoms with Crippen molar-refractivity contribution in [2.75, 3.05) is 42.7 Å². The Hall–Kier alpha value is -3.82. The summed E-state index contributed by atoms with van der Waals surface area (Å²) in [5.74, 6) is -0.529. The van der Waals surface area contributed by atoms with Crippen molar-refractivity contribution in [1.29, 1.82) is 0 Å². The molecule has 0 spiro atoms. The van der Waals surface area contributed by atoms with E-state index in [0.717, 1.165) is 0 Å². The van der Waals surface area contributed by atoms with Crippen molar-refractivity contribution in [3.63, 3.8) is 0 Å². The monoisotopic (exact) mass is 474 g/mol. The molecule has 0 saturated carbocycles. The van der Waals surface area contributed by atoms with Crippen molar-refractivity contribution < 1.29 is 47.5 Å². The van der Waals surface area contributed by atoms with Gasteiger partial charge in [-0.1, -0.05) is 0 Å². The van der Waals surface area contributed by atoms with Crippen molar-refractivity contribution in [1.82, 2.24) is 0 Å². The van der Waals surface area contributed by atoms with E-state index in [1.165, 1.54) is 42.7 Å². The summed E-state index contributed by atoms with van der Waals surface area (Å²) >= 11 is 0. The zero-order valence-corrected chi connectivity index (χ0v) is 19.7. The molecule has 10 nitrogen and oxygen atoms in total. The lowest BCUT2D eigenvalue weighted by Gasteiger charge is -2.19. The van der Waals surface area contributed by atoms with Crippen LogP contribution in [0.3, 0.4) is 0 Å². The van der Waals surface area contributed by atoms with E-state index in [4.69, 9.17) is 37.9 Å². The molecule has 2 heterocycles. The van der Waals surface area contributed by atoms with Crippen molar-refractivity contribution in [3.05, 3.63) is 35.4 Å². The molecule has 34 heavy (non-hydrogen) atoms. The molecule has 0 aliphatic carbocycles. The van der Waals surface area contributed by atoms with Crippen LogP contribution < -0.4 is 28.4 Å². The van der Waals surface area contributed by atoms with Crippen molar-refractivity contribution in [2.24, 2.45) is 11.8 Å². The first kappa shape index (κ1) is 23.3. The van der Waals surface area contributed by atoms with E-state index >= 15 is 0 Å². The van der Waals surface area contributed by atoms with E-state index in [1.54, 1.807) is 24.3 Å². The lowest BCUT2D eigenvalue weighted by molar-refractivity contribution is -0.154. The van der Waals surface area contributed by atoms with Gasteiger partial charge in [-0.2, -0.15) is 0 Å². The quantitative estimate of drug-likeness (QED) is 0.530. The fourth-order valence-electron chi connectivity index (χ4n) is 4.55. The van der Waals surface area contributed by atoms with Gasteiger partial charge in [-0.25, -0.2) is 0 Å². The fourth-order valence-corrected chi connectivity index (χ4v) is 4.55. The third-order valence-corrected chi connectivity index (χ3v) is 6.10. The summed E-state index contributed by atoms with van der Waals surface area (Å²) in [7, 11) is 8.90. The van der Waals surface area contributed by atoms with Crippen LogP contribution in [0.1, 0.15) is 23.3 Å². The molecule has 2 saturated heterocycles. The van der Waals surface area contributed by atoms with Crippen LogP contribution in [0.2, 0.25) is 0 Å². The van der Waals surface area contributed by atoms with Crippen LogP contribution in [0.5, 0.6) is 34.5 Å². The van der Waals surface area contributed by atoms with Gasteiger partial charge < -0.3 is 37.9 Å². The number of hydrogen-bond donors (Lipinski definition) is 0. The van der Waals surface area contributed by atoms with Crippen LogP contribution in [0.4, 0.5) is 0 Å². The number of fused-ring (bicyclic) bond motifs is 1. The third kappa shape index (κ3) is 3.59. The Morgan fingerprint density at radius 3 is 1.06 bits per heavy atom. The first-order valence-electron chi connectivity index (χ1n) is 10.4. The maximum Gasteiger partial charge on any atom is 0.314 e. The molecule has 2 aromatic carbocycles. The average Bonchev–Trinajstić information content (AvgIpc) is 3.39. The highest BCUT2D eigenvalue weighted by Crippen LogP contribution is 2.54. The van der Waals surface area contributed by atoms with Gasteiger partial charge in [-0.3, -0.25) is 9.59 Å². The highest BCUT2D eigenvalue weighted by Gasteiger charge is 2.60. The van der Waals surface area contributed by atoms with Gasteiger partial charge in [0.15, 0.2) is 23.0 Å². The van der Waals surface area contributed by atoms with Gasteiger partial charge in [-0.05, 0) is 24.3 Å². The molecule has 0 unspecified atom stereocenters. The molecule has 0 amide bonds. The zero-order chi connectivity index (χ0) is 24.6. The van der Waals surface area contributed by atoms with E-state index in [-0.39, 0.29) is 0 Å². The molecular formula is C24H26O10. The molecule has 2 aliphatic heterocycles. The summed E-state index contributed by atoms with van der Waals surface area (Å²) < 4.78 is 43.7. The van der Waals surface area contributed by atoms with Crippen LogP contribution >= 0.6 is 0 Å². The van der Waals surface area contributed by atoms with E-state index in [9.17, 15) is 9.59 Å². The van der Waals surface area contributed by atoms with Crippen LogP contribution in [0, 0.1) is 11.8 Å². The molecule has 10 heteroatoms. The van der Waals surface area contributed by atoms with E-state index in [1.807, 2.05) is 0 Å². The normalized spacial score (nSPS) is 23.0. The second-order valence-electron chi connectivity index (χ2n) is 7.68. The topological polar surface area (TPSA) is 108 Å². The molecule has 0 aromatic heterocycles. The largest absolute Gasteiger partial charge is 0.493 e. The van der Waals surface area contributed by atoms with Gasteiger partial charge in [0, 0.05) is 11.1 Å². The predicted molar refractivity (Wildman–Crippen MR) is 117 cm³/mol. The number of ether oxygens (including phenoxy) is 8. The summed E-state index contributed by atoms with van der Waals surface area (Å²) in [6.07, 6.45) is -1.77. The maximum atomic E-state index is 13.0. The van der Waals surface area contributed by atoms with E-state index in [0.29, 0.717) is 45.6 Å². The second-order valence-corrected chi connectivity index (χ2v) is 7.68. The standard InChI is InChI=1S/C24H26O10/c1-27-13-7-11(8-14(28-2)21(13)31-5)19-17-18(24(26)33-19)20(34-23(17)25)12-9-15(29-3)22(32-6)16(10-12)30-4/h7-10,17-20H,1-6H3/t17-,18-,19-,20-/m0/s1. The van der Waals surface area contributed by atoms with Gasteiger partial charge in [0.2, 0.25) is 11.5 Å². The number of methoxy groups -OCH3 is 6. The highest BCUT2D eigenvalue weighted by atomic mass is 16.6. The molecule has 182 valence electrons. The molecule has 0 N–H and O–H groups in total. The average molecular weight is 474 g/mol. The Balaban J connectivity index is 1.75. The predicted octanol–water partition coefficient (Wildman–Crippen LogP) is 2.87. The number of esters is 2. The smallest absolute Gasteiger partial charge is 0.314 e. The Morgan fingerprint density at radius 2 is 0.824 bits per heavy atom. The van der Waals surface area contributed by atoms with Crippen LogP contribution in [-0.2, 0) is 19.1 Å². The van der Waals surface area contributed by atoms with E-state index < -0.39 is 36.0 Å². The van der Waals surface area contributed by atoms with Gasteiger partial charge in [0.25, 0.3) is 0 Å². The van der Waals surface area contributed by atoms with E-state index in [2.05, 4.69) is 0 Å². The van der Waals surface area contributed by atoms with Crippen LogP contribution in [-0.4, -0.2) is 54.6 Å². The fraction of sp³-hybridized carbons (Fsp3) is 0.417. The Labute approximate surface area is 196 Å². The minimum Gasteiger partial charge on any atom is -0.493 e. The highest BCUT2D eigenvalue weighted by molar-refractivity contribution is 5.90. The molecule has 4 atom stereocenters. The minimum atomic E-state index is -0.884. The van der Waals surface area contributed by atoms with Crippen molar-refractivity contribution >= 4 is 11.9 Å². The number of rotatable bonds is 8. The van der Waals surface area contributed by atoms with Crippen molar-refractivity contribution in [2.45, 2.75) is 12.2 Å². The summed E-state index contributed by atoms with van der Waals surface area (Å²) in [4.78, 5) is 26.0. The van der Waals surface area contributed by atoms with Gasteiger partial charge in [0.05, 0.1) is 42.7 Å². The molecule has 2 aromatic rings. The Kier molecular flexibility index (Phi) is 6.32. The number of hydrogen-bond acceptors (Lipinski definition) is 10. The Morgan fingerprint density at radius 1 is 0.529 bits per heavy atom. The van der Waals surface area contributed by atoms with Crippen molar-refractivity contribution in [3.8, 4) is 34.5 Å². The Bertz CT molecular complexity index is 973. The zero-order valence-electron chi connectivity index (χ0n) is 19.7. The van der Waals surface area contributed by atoms with Crippen LogP contribution in [0.25, 0.3) is 0 Å². The third-order valence-electron chi connectivity index (χ3n) is 6.10. The molecule has 0 bridgehead atoms. The van der Waals surface area contributed by atoms with Gasteiger partial charge >= 0.3 is 11.9 Å². The summed E-state index contributed by atoms with van der Waals surface area (Å²) in [5, 5.41) is 0.